The van der Waals surface area contributed by atoms with Crippen molar-refractivity contribution < 1.29 is 9.21 Å². The van der Waals surface area contributed by atoms with Gasteiger partial charge in [0.15, 0.2) is 0 Å². The van der Waals surface area contributed by atoms with E-state index in [2.05, 4.69) is 70.5 Å². The lowest BCUT2D eigenvalue weighted by molar-refractivity contribution is -0.110. The fourth-order valence-electron chi connectivity index (χ4n) is 4.85. The second-order valence-electron chi connectivity index (χ2n) is 8.54. The summed E-state index contributed by atoms with van der Waals surface area (Å²) in [6.07, 6.45) is 8.37. The zero-order valence-electron chi connectivity index (χ0n) is 18.2. The maximum atomic E-state index is 12.8. The Labute approximate surface area is 202 Å². The lowest BCUT2D eigenvalue weighted by Crippen LogP contribution is -2.14. The third-order valence-corrected chi connectivity index (χ3v) is 6.99. The number of carbonyl (C=O) groups excluding carboxylic acids is 1. The molecular weight excluding hydrogens is 511 g/mol. The van der Waals surface area contributed by atoms with Crippen molar-refractivity contribution in [1.29, 1.82) is 0 Å². The van der Waals surface area contributed by atoms with Crippen LogP contribution in [0.3, 0.4) is 0 Å². The molecule has 1 aliphatic carbocycles. The van der Waals surface area contributed by atoms with Crippen LogP contribution in [-0.4, -0.2) is 5.91 Å². The van der Waals surface area contributed by atoms with Gasteiger partial charge >= 0.3 is 0 Å². The van der Waals surface area contributed by atoms with Gasteiger partial charge in [0, 0.05) is 32.5 Å². The Balaban J connectivity index is 1.62. The first kappa shape index (κ1) is 21.3. The van der Waals surface area contributed by atoms with Gasteiger partial charge in [0.05, 0.1) is 11.6 Å². The highest BCUT2D eigenvalue weighted by molar-refractivity contribution is 14.1. The lowest BCUT2D eigenvalue weighted by atomic mass is 9.89. The molecule has 0 bridgehead atoms. The Morgan fingerprint density at radius 2 is 1.97 bits per heavy atom. The predicted octanol–water partition coefficient (Wildman–Crippen LogP) is 7.21. The summed E-state index contributed by atoms with van der Waals surface area (Å²) < 4.78 is 7.57. The van der Waals surface area contributed by atoms with Crippen LogP contribution >= 0.6 is 22.6 Å². The lowest BCUT2D eigenvalue weighted by Gasteiger charge is -2.22. The van der Waals surface area contributed by atoms with Gasteiger partial charge in [0.2, 0.25) is 0 Å². The molecule has 4 nitrogen and oxygen atoms in total. The van der Waals surface area contributed by atoms with E-state index in [1.807, 2.05) is 24.3 Å². The van der Waals surface area contributed by atoms with Crippen LogP contribution in [0.25, 0.3) is 11.6 Å². The summed E-state index contributed by atoms with van der Waals surface area (Å²) in [6, 6.07) is 16.6. The van der Waals surface area contributed by atoms with Gasteiger partial charge in [-0.1, -0.05) is 31.5 Å². The van der Waals surface area contributed by atoms with E-state index in [9.17, 15) is 4.79 Å². The minimum absolute atomic E-state index is 0.0645. The number of furan rings is 1. The van der Waals surface area contributed by atoms with Crippen LogP contribution in [0.15, 0.2) is 52.9 Å². The standard InChI is InChI=1S/C27H27IN2O2/c1-2-8-23(29-18-9-4-3-5-10-18)26-19-11-6-7-12-24(19)32-25(26)16-21-20-15-17(28)13-14-22(20)30-27(21)31/h3-5,9-10,13-16,23,29H,2,6-8,11-12H2,1H3,(H,30,31). The van der Waals surface area contributed by atoms with Gasteiger partial charge in [-0.2, -0.15) is 0 Å². The second-order valence-corrected chi connectivity index (χ2v) is 9.79. The summed E-state index contributed by atoms with van der Waals surface area (Å²) in [4.78, 5) is 12.8. The number of amides is 1. The highest BCUT2D eigenvalue weighted by Gasteiger charge is 2.30. The zero-order valence-corrected chi connectivity index (χ0v) is 20.4. The number of hydrogen-bond acceptors (Lipinski definition) is 3. The molecule has 2 aliphatic rings. The van der Waals surface area contributed by atoms with E-state index in [-0.39, 0.29) is 11.9 Å². The molecule has 0 saturated heterocycles. The molecule has 1 amide bonds. The average molecular weight is 538 g/mol. The topological polar surface area (TPSA) is 54.3 Å². The molecule has 1 unspecified atom stereocenters. The Bertz CT molecular complexity index is 1180. The number of benzene rings is 2. The average Bonchev–Trinajstić information content (AvgIpc) is 3.31. The predicted molar refractivity (Wildman–Crippen MR) is 139 cm³/mol. The first-order valence-electron chi connectivity index (χ1n) is 11.4. The zero-order chi connectivity index (χ0) is 22.1. The maximum absolute atomic E-state index is 12.8. The molecule has 32 heavy (non-hydrogen) atoms. The summed E-state index contributed by atoms with van der Waals surface area (Å²) >= 11 is 2.29. The maximum Gasteiger partial charge on any atom is 0.256 e. The molecule has 2 aromatic carbocycles. The van der Waals surface area contributed by atoms with Crippen molar-refractivity contribution in [2.24, 2.45) is 0 Å². The van der Waals surface area contributed by atoms with Crippen molar-refractivity contribution >= 4 is 51.5 Å². The van der Waals surface area contributed by atoms with Gasteiger partial charge in [-0.3, -0.25) is 4.79 Å². The van der Waals surface area contributed by atoms with E-state index in [1.165, 1.54) is 17.5 Å². The molecule has 0 radical (unpaired) electrons. The second kappa shape index (κ2) is 9.14. The summed E-state index contributed by atoms with van der Waals surface area (Å²) in [5.74, 6) is 1.86. The molecule has 164 valence electrons. The SMILES string of the molecule is CCCC(Nc1ccccc1)c1c(C=C2C(=O)Nc3ccc(I)cc32)oc2c1CCCC2. The molecule has 2 heterocycles. The number of anilines is 2. The number of halogens is 1. The minimum atomic E-state index is -0.0645. The molecule has 0 fully saturated rings. The van der Waals surface area contributed by atoms with Crippen molar-refractivity contribution in [2.45, 2.75) is 51.5 Å². The normalized spacial score (nSPS) is 17.1. The van der Waals surface area contributed by atoms with Gasteiger partial charge in [-0.15, -0.1) is 0 Å². The van der Waals surface area contributed by atoms with Crippen LogP contribution in [0, 0.1) is 3.57 Å². The molecule has 1 aromatic heterocycles. The Morgan fingerprint density at radius 3 is 2.78 bits per heavy atom. The monoisotopic (exact) mass is 538 g/mol. The van der Waals surface area contributed by atoms with E-state index in [0.717, 1.165) is 64.1 Å². The minimum Gasteiger partial charge on any atom is -0.461 e. The van der Waals surface area contributed by atoms with Crippen molar-refractivity contribution in [3.63, 3.8) is 0 Å². The molecular formula is C27H27IN2O2. The highest BCUT2D eigenvalue weighted by atomic mass is 127. The Hall–Kier alpha value is -2.54. The van der Waals surface area contributed by atoms with E-state index < -0.39 is 0 Å². The van der Waals surface area contributed by atoms with Gasteiger partial charge in [0.25, 0.3) is 5.91 Å². The van der Waals surface area contributed by atoms with Crippen LogP contribution in [-0.2, 0) is 17.6 Å². The highest BCUT2D eigenvalue weighted by Crippen LogP contribution is 2.41. The first-order chi connectivity index (χ1) is 15.6. The molecule has 1 atom stereocenters. The molecule has 1 aliphatic heterocycles. The molecule has 3 aromatic rings. The third kappa shape index (κ3) is 4.10. The van der Waals surface area contributed by atoms with Gasteiger partial charge in [-0.25, -0.2) is 0 Å². The van der Waals surface area contributed by atoms with E-state index in [4.69, 9.17) is 4.42 Å². The van der Waals surface area contributed by atoms with Crippen molar-refractivity contribution in [1.82, 2.24) is 0 Å². The number of hydrogen-bond donors (Lipinski definition) is 2. The number of para-hydroxylation sites is 1. The smallest absolute Gasteiger partial charge is 0.256 e. The van der Waals surface area contributed by atoms with Gasteiger partial charge in [-0.05, 0) is 90.2 Å². The van der Waals surface area contributed by atoms with Crippen molar-refractivity contribution in [3.05, 3.63) is 80.3 Å². The largest absolute Gasteiger partial charge is 0.461 e. The molecule has 2 N–H and O–H groups in total. The van der Waals surface area contributed by atoms with Crippen molar-refractivity contribution in [2.75, 3.05) is 10.6 Å². The quantitative estimate of drug-likeness (QED) is 0.258. The summed E-state index contributed by atoms with van der Waals surface area (Å²) in [5, 5.41) is 6.75. The summed E-state index contributed by atoms with van der Waals surface area (Å²) in [5.41, 5.74) is 6.17. The van der Waals surface area contributed by atoms with Crippen LogP contribution in [0.1, 0.15) is 66.9 Å². The molecule has 5 heteroatoms. The molecule has 5 rings (SSSR count). The van der Waals surface area contributed by atoms with Crippen LogP contribution in [0.2, 0.25) is 0 Å². The van der Waals surface area contributed by atoms with Crippen LogP contribution in [0.4, 0.5) is 11.4 Å². The van der Waals surface area contributed by atoms with Crippen molar-refractivity contribution in [3.8, 4) is 0 Å². The van der Waals surface area contributed by atoms with Crippen LogP contribution in [0.5, 0.6) is 0 Å². The number of carbonyl (C=O) groups is 1. The number of aryl methyl sites for hydroxylation is 1. The first-order valence-corrected chi connectivity index (χ1v) is 12.5. The number of nitrogens with one attached hydrogen (secondary N) is 2. The van der Waals surface area contributed by atoms with Gasteiger partial charge in [0.1, 0.15) is 11.5 Å². The number of fused-ring (bicyclic) bond motifs is 2. The number of rotatable bonds is 6. The van der Waals surface area contributed by atoms with Crippen LogP contribution < -0.4 is 10.6 Å². The molecule has 0 spiro atoms. The summed E-state index contributed by atoms with van der Waals surface area (Å²) in [6.45, 7) is 2.22. The van der Waals surface area contributed by atoms with E-state index in [0.29, 0.717) is 5.57 Å². The fourth-order valence-corrected chi connectivity index (χ4v) is 5.34. The fraction of sp³-hybridized carbons (Fsp3) is 0.296. The third-order valence-electron chi connectivity index (χ3n) is 6.32. The Morgan fingerprint density at radius 1 is 1.16 bits per heavy atom. The molecule has 0 saturated carbocycles. The Kier molecular flexibility index (Phi) is 6.09. The summed E-state index contributed by atoms with van der Waals surface area (Å²) in [7, 11) is 0. The van der Waals surface area contributed by atoms with E-state index in [1.54, 1.807) is 0 Å². The van der Waals surface area contributed by atoms with E-state index >= 15 is 0 Å². The van der Waals surface area contributed by atoms with Gasteiger partial charge < -0.3 is 15.1 Å².